The smallest absolute Gasteiger partial charge is 0.246 e. The molecule has 1 N–H and O–H groups in total. The molecule has 1 amide bonds. The van der Waals surface area contributed by atoms with E-state index in [0.29, 0.717) is 19.1 Å². The lowest BCUT2D eigenvalue weighted by Gasteiger charge is -2.38. The topological polar surface area (TPSA) is 65.8 Å². The van der Waals surface area contributed by atoms with Gasteiger partial charge in [0.15, 0.2) is 5.96 Å². The lowest BCUT2D eigenvalue weighted by Crippen LogP contribution is -2.57. The van der Waals surface area contributed by atoms with E-state index in [4.69, 9.17) is 0 Å². The van der Waals surface area contributed by atoms with Gasteiger partial charge in [-0.1, -0.05) is 0 Å². The number of rotatable bonds is 3. The van der Waals surface area contributed by atoms with Crippen LogP contribution < -0.4 is 10.2 Å². The van der Waals surface area contributed by atoms with Crippen LogP contribution in [0.2, 0.25) is 0 Å². The van der Waals surface area contributed by atoms with Crippen molar-refractivity contribution in [3.05, 3.63) is 12.4 Å². The summed E-state index contributed by atoms with van der Waals surface area (Å²) in [5, 5.41) is 7.63. The van der Waals surface area contributed by atoms with Crippen molar-refractivity contribution in [3.8, 4) is 0 Å². The summed E-state index contributed by atoms with van der Waals surface area (Å²) < 4.78 is 1.72. The number of carbonyl (C=O) groups excluding carboxylic acids is 1. The fourth-order valence-electron chi connectivity index (χ4n) is 2.80. The van der Waals surface area contributed by atoms with Crippen LogP contribution in [-0.4, -0.2) is 58.8 Å². The summed E-state index contributed by atoms with van der Waals surface area (Å²) in [5.74, 6) is 0.977. The predicted octanol–water partition coefficient (Wildman–Crippen LogP) is 0.587. The normalized spacial score (nSPS) is 20.3. The number of guanidine groups is 1. The standard InChI is InChI=1S/C15H24N6O/c1-3-16-15(18-12-5-4-6-12)20-7-8-21(14(22)11-20)13-9-17-19(2)10-13/h9-10,12H,3-8,11H2,1-2H3,(H,16,18). The van der Waals surface area contributed by atoms with E-state index in [1.807, 2.05) is 20.2 Å². The van der Waals surface area contributed by atoms with Gasteiger partial charge in [0.1, 0.15) is 6.54 Å². The predicted molar refractivity (Wildman–Crippen MR) is 85.9 cm³/mol. The molecule has 2 aliphatic rings. The number of aliphatic imine (C=N–C) groups is 1. The molecule has 3 rings (SSSR count). The van der Waals surface area contributed by atoms with Gasteiger partial charge in [-0.05, 0) is 26.2 Å². The molecule has 0 radical (unpaired) electrons. The van der Waals surface area contributed by atoms with E-state index in [9.17, 15) is 4.79 Å². The van der Waals surface area contributed by atoms with E-state index in [1.54, 1.807) is 15.8 Å². The highest BCUT2D eigenvalue weighted by atomic mass is 16.2. The first-order valence-corrected chi connectivity index (χ1v) is 8.02. The number of hydrogen-bond donors (Lipinski definition) is 1. The highest BCUT2D eigenvalue weighted by Crippen LogP contribution is 2.19. The second kappa shape index (κ2) is 6.37. The molecule has 1 aliphatic carbocycles. The Morgan fingerprint density at radius 1 is 1.45 bits per heavy atom. The number of nitrogens with one attached hydrogen (secondary N) is 1. The average molecular weight is 304 g/mol. The number of nitrogens with zero attached hydrogens (tertiary/aromatic N) is 5. The number of hydrogen-bond acceptors (Lipinski definition) is 3. The molecule has 2 fully saturated rings. The number of aromatic nitrogens is 2. The fraction of sp³-hybridized carbons (Fsp3) is 0.667. The van der Waals surface area contributed by atoms with E-state index in [0.717, 1.165) is 24.7 Å². The Balaban J connectivity index is 1.65. The minimum atomic E-state index is 0.0958. The summed E-state index contributed by atoms with van der Waals surface area (Å²) in [7, 11) is 1.86. The quantitative estimate of drug-likeness (QED) is 0.655. The molecule has 7 heteroatoms. The van der Waals surface area contributed by atoms with E-state index in [2.05, 4.69) is 20.3 Å². The summed E-state index contributed by atoms with van der Waals surface area (Å²) in [4.78, 5) is 20.9. The van der Waals surface area contributed by atoms with Gasteiger partial charge >= 0.3 is 0 Å². The van der Waals surface area contributed by atoms with Crippen LogP contribution in [0.3, 0.4) is 0 Å². The first-order chi connectivity index (χ1) is 10.7. The molecular weight excluding hydrogens is 280 g/mol. The van der Waals surface area contributed by atoms with Gasteiger partial charge in [0.25, 0.3) is 0 Å². The van der Waals surface area contributed by atoms with Gasteiger partial charge in [-0.2, -0.15) is 5.10 Å². The maximum Gasteiger partial charge on any atom is 0.246 e. The molecule has 1 aliphatic heterocycles. The van der Waals surface area contributed by atoms with Crippen molar-refractivity contribution in [1.82, 2.24) is 20.0 Å². The maximum absolute atomic E-state index is 12.5. The third-order valence-corrected chi connectivity index (χ3v) is 4.27. The number of anilines is 1. The molecule has 0 aromatic carbocycles. The van der Waals surface area contributed by atoms with E-state index < -0.39 is 0 Å². The molecule has 1 aromatic heterocycles. The second-order valence-electron chi connectivity index (χ2n) is 5.91. The van der Waals surface area contributed by atoms with Crippen LogP contribution in [0.15, 0.2) is 17.4 Å². The van der Waals surface area contributed by atoms with Crippen molar-refractivity contribution in [1.29, 1.82) is 0 Å². The first kappa shape index (κ1) is 14.9. The van der Waals surface area contributed by atoms with Crippen LogP contribution in [0.5, 0.6) is 0 Å². The lowest BCUT2D eigenvalue weighted by molar-refractivity contribution is -0.120. The summed E-state index contributed by atoms with van der Waals surface area (Å²) in [6.07, 6.45) is 7.30. The molecule has 22 heavy (non-hydrogen) atoms. The number of carbonyl (C=O) groups is 1. The van der Waals surface area contributed by atoms with Crippen LogP contribution in [0.1, 0.15) is 26.2 Å². The monoisotopic (exact) mass is 304 g/mol. The van der Waals surface area contributed by atoms with Crippen molar-refractivity contribution in [3.63, 3.8) is 0 Å². The second-order valence-corrected chi connectivity index (χ2v) is 5.91. The first-order valence-electron chi connectivity index (χ1n) is 8.02. The van der Waals surface area contributed by atoms with Crippen LogP contribution in [-0.2, 0) is 11.8 Å². The molecule has 0 unspecified atom stereocenters. The van der Waals surface area contributed by atoms with Crippen molar-refractivity contribution in [2.75, 3.05) is 31.1 Å². The number of piperazine rings is 1. The Labute approximate surface area is 131 Å². The minimum Gasteiger partial charge on any atom is -0.353 e. The SMILES string of the molecule is CCN=C(NC1CCC1)N1CCN(c2cnn(C)c2)C(=O)C1. The van der Waals surface area contributed by atoms with Gasteiger partial charge in [0, 0.05) is 38.9 Å². The van der Waals surface area contributed by atoms with Gasteiger partial charge in [0.2, 0.25) is 5.91 Å². The van der Waals surface area contributed by atoms with Gasteiger partial charge in [0.05, 0.1) is 11.9 Å². The Bertz CT molecular complexity index is 562. The molecule has 7 nitrogen and oxygen atoms in total. The summed E-state index contributed by atoms with van der Waals surface area (Å²) in [6, 6.07) is 0.525. The van der Waals surface area contributed by atoms with Crippen LogP contribution in [0.4, 0.5) is 5.69 Å². The lowest BCUT2D eigenvalue weighted by atomic mass is 9.93. The Kier molecular flexibility index (Phi) is 4.31. The molecule has 120 valence electrons. The minimum absolute atomic E-state index is 0.0958. The number of amides is 1. The summed E-state index contributed by atoms with van der Waals surface area (Å²) >= 11 is 0. The highest BCUT2D eigenvalue weighted by Gasteiger charge is 2.29. The van der Waals surface area contributed by atoms with Gasteiger partial charge < -0.3 is 15.1 Å². The zero-order valence-electron chi connectivity index (χ0n) is 13.3. The third kappa shape index (κ3) is 3.08. The molecule has 1 saturated heterocycles. The van der Waals surface area contributed by atoms with Gasteiger partial charge in [-0.25, -0.2) is 0 Å². The molecular formula is C15H24N6O. The summed E-state index contributed by atoms with van der Waals surface area (Å²) in [6.45, 7) is 4.58. The van der Waals surface area contributed by atoms with Crippen molar-refractivity contribution in [2.45, 2.75) is 32.2 Å². The highest BCUT2D eigenvalue weighted by molar-refractivity contribution is 5.98. The molecule has 1 saturated carbocycles. The molecule has 0 atom stereocenters. The molecule has 0 bridgehead atoms. The third-order valence-electron chi connectivity index (χ3n) is 4.27. The van der Waals surface area contributed by atoms with Crippen LogP contribution in [0.25, 0.3) is 0 Å². The molecule has 2 heterocycles. The van der Waals surface area contributed by atoms with E-state index >= 15 is 0 Å². The van der Waals surface area contributed by atoms with E-state index in [1.165, 1.54) is 19.3 Å². The molecule has 1 aromatic rings. The zero-order valence-corrected chi connectivity index (χ0v) is 13.3. The van der Waals surface area contributed by atoms with E-state index in [-0.39, 0.29) is 5.91 Å². The Hall–Kier alpha value is -2.05. The van der Waals surface area contributed by atoms with Crippen molar-refractivity contribution >= 4 is 17.6 Å². The average Bonchev–Trinajstić information content (AvgIpc) is 2.87. The molecule has 0 spiro atoms. The zero-order chi connectivity index (χ0) is 15.5. The fourth-order valence-corrected chi connectivity index (χ4v) is 2.80. The maximum atomic E-state index is 12.5. The Morgan fingerprint density at radius 3 is 2.82 bits per heavy atom. The van der Waals surface area contributed by atoms with Crippen LogP contribution >= 0.6 is 0 Å². The van der Waals surface area contributed by atoms with Gasteiger partial charge in [-0.3, -0.25) is 14.5 Å². The summed E-state index contributed by atoms with van der Waals surface area (Å²) in [5.41, 5.74) is 0.869. The number of aryl methyl sites for hydroxylation is 1. The van der Waals surface area contributed by atoms with Crippen molar-refractivity contribution in [2.24, 2.45) is 12.0 Å². The van der Waals surface area contributed by atoms with Crippen molar-refractivity contribution < 1.29 is 4.79 Å². The van der Waals surface area contributed by atoms with Gasteiger partial charge in [-0.15, -0.1) is 0 Å². The Morgan fingerprint density at radius 2 is 2.27 bits per heavy atom. The largest absolute Gasteiger partial charge is 0.353 e. The van der Waals surface area contributed by atoms with Crippen LogP contribution in [0, 0.1) is 0 Å².